The van der Waals surface area contributed by atoms with Gasteiger partial charge in [-0.3, -0.25) is 9.79 Å². The van der Waals surface area contributed by atoms with Gasteiger partial charge >= 0.3 is 6.61 Å². The number of amides is 1. The van der Waals surface area contributed by atoms with E-state index in [-0.39, 0.29) is 42.2 Å². The first-order valence-corrected chi connectivity index (χ1v) is 8.84. The SMILES string of the molecule is CN=C(NCc1ccc(OC)c(NC(C)=O)c1)NCc1ccccc1OC(F)F.I. The van der Waals surface area contributed by atoms with Gasteiger partial charge in [0.1, 0.15) is 11.5 Å². The van der Waals surface area contributed by atoms with Gasteiger partial charge in [0.05, 0.1) is 12.8 Å². The number of ether oxygens (including phenoxy) is 2. The van der Waals surface area contributed by atoms with Crippen molar-refractivity contribution in [1.82, 2.24) is 10.6 Å². The molecule has 2 aromatic carbocycles. The van der Waals surface area contributed by atoms with E-state index in [9.17, 15) is 13.6 Å². The topological polar surface area (TPSA) is 84.0 Å². The van der Waals surface area contributed by atoms with Gasteiger partial charge in [0, 0.05) is 32.6 Å². The van der Waals surface area contributed by atoms with Gasteiger partial charge in [0.15, 0.2) is 5.96 Å². The van der Waals surface area contributed by atoms with E-state index in [0.717, 1.165) is 5.56 Å². The highest BCUT2D eigenvalue weighted by Gasteiger charge is 2.10. The van der Waals surface area contributed by atoms with E-state index < -0.39 is 6.61 Å². The van der Waals surface area contributed by atoms with Crippen molar-refractivity contribution in [3.63, 3.8) is 0 Å². The predicted molar refractivity (Wildman–Crippen MR) is 123 cm³/mol. The lowest BCUT2D eigenvalue weighted by Gasteiger charge is -2.15. The summed E-state index contributed by atoms with van der Waals surface area (Å²) >= 11 is 0. The largest absolute Gasteiger partial charge is 0.495 e. The number of hydrogen-bond acceptors (Lipinski definition) is 4. The predicted octanol–water partition coefficient (Wildman–Crippen LogP) is 3.74. The summed E-state index contributed by atoms with van der Waals surface area (Å²) < 4.78 is 34.8. The van der Waals surface area contributed by atoms with Crippen LogP contribution in [0.3, 0.4) is 0 Å². The van der Waals surface area contributed by atoms with Crippen molar-refractivity contribution in [2.45, 2.75) is 26.6 Å². The Morgan fingerprint density at radius 1 is 1.10 bits per heavy atom. The third-order valence-electron chi connectivity index (χ3n) is 3.89. The summed E-state index contributed by atoms with van der Waals surface area (Å²) in [6.45, 7) is -0.791. The van der Waals surface area contributed by atoms with Gasteiger partial charge in [0.2, 0.25) is 5.91 Å². The Morgan fingerprint density at radius 3 is 2.43 bits per heavy atom. The molecule has 0 aliphatic rings. The van der Waals surface area contributed by atoms with E-state index in [2.05, 4.69) is 25.7 Å². The quantitative estimate of drug-likeness (QED) is 0.273. The maximum Gasteiger partial charge on any atom is 0.387 e. The Hall–Kier alpha value is -2.63. The van der Waals surface area contributed by atoms with Gasteiger partial charge < -0.3 is 25.4 Å². The van der Waals surface area contributed by atoms with Crippen molar-refractivity contribution in [3.05, 3.63) is 53.6 Å². The summed E-state index contributed by atoms with van der Waals surface area (Å²) in [6.07, 6.45) is 0. The Bertz CT molecular complexity index is 866. The van der Waals surface area contributed by atoms with Gasteiger partial charge in [-0.2, -0.15) is 8.78 Å². The van der Waals surface area contributed by atoms with E-state index in [0.29, 0.717) is 29.5 Å². The second kappa shape index (κ2) is 12.8. The molecule has 0 fully saturated rings. The molecule has 0 unspecified atom stereocenters. The summed E-state index contributed by atoms with van der Waals surface area (Å²) in [5.74, 6) is 0.951. The van der Waals surface area contributed by atoms with Crippen LogP contribution in [0.1, 0.15) is 18.1 Å². The van der Waals surface area contributed by atoms with Gasteiger partial charge in [-0.25, -0.2) is 0 Å². The minimum absolute atomic E-state index is 0. The summed E-state index contributed by atoms with van der Waals surface area (Å²) in [7, 11) is 3.13. The van der Waals surface area contributed by atoms with Crippen LogP contribution in [-0.4, -0.2) is 32.6 Å². The second-order valence-electron chi connectivity index (χ2n) is 5.98. The average Bonchev–Trinajstić information content (AvgIpc) is 2.68. The van der Waals surface area contributed by atoms with Gasteiger partial charge in [-0.05, 0) is 23.8 Å². The van der Waals surface area contributed by atoms with E-state index in [1.165, 1.54) is 20.1 Å². The van der Waals surface area contributed by atoms with Crippen LogP contribution in [0.4, 0.5) is 14.5 Å². The Labute approximate surface area is 191 Å². The van der Waals surface area contributed by atoms with E-state index in [4.69, 9.17) is 4.74 Å². The number of alkyl halides is 2. The van der Waals surface area contributed by atoms with Gasteiger partial charge in [0.25, 0.3) is 0 Å². The molecular weight excluding hydrogens is 509 g/mol. The number of hydrogen-bond donors (Lipinski definition) is 3. The highest BCUT2D eigenvalue weighted by atomic mass is 127. The lowest BCUT2D eigenvalue weighted by atomic mass is 10.2. The summed E-state index contributed by atoms with van der Waals surface area (Å²) in [6, 6.07) is 12.0. The number of rotatable bonds is 8. The normalized spacial score (nSPS) is 10.8. The Kier molecular flexibility index (Phi) is 10.9. The number of nitrogens with one attached hydrogen (secondary N) is 3. The zero-order chi connectivity index (χ0) is 21.2. The van der Waals surface area contributed by atoms with Crippen LogP contribution >= 0.6 is 24.0 Å². The summed E-state index contributed by atoms with van der Waals surface area (Å²) in [5.41, 5.74) is 2.03. The zero-order valence-electron chi connectivity index (χ0n) is 16.9. The average molecular weight is 534 g/mol. The molecule has 1 amide bonds. The summed E-state index contributed by atoms with van der Waals surface area (Å²) in [5, 5.41) is 8.91. The third kappa shape index (κ3) is 8.01. The Morgan fingerprint density at radius 2 is 1.80 bits per heavy atom. The number of guanidine groups is 1. The molecule has 0 saturated carbocycles. The molecule has 10 heteroatoms. The van der Waals surface area contributed by atoms with Crippen LogP contribution in [0.15, 0.2) is 47.5 Å². The maximum absolute atomic E-state index is 12.5. The molecule has 0 heterocycles. The first kappa shape index (κ1) is 25.4. The molecule has 0 atom stereocenters. The van der Waals surface area contributed by atoms with Crippen LogP contribution < -0.4 is 25.4 Å². The molecule has 0 aliphatic heterocycles. The fourth-order valence-electron chi connectivity index (χ4n) is 2.60. The molecular formula is C20H25F2IN4O3. The minimum atomic E-state index is -2.89. The van der Waals surface area contributed by atoms with Crippen molar-refractivity contribution < 1.29 is 23.0 Å². The standard InChI is InChI=1S/C20H24F2N4O3.HI/c1-13(27)26-16-10-14(8-9-18(16)28-3)11-24-20(23-2)25-12-15-6-4-5-7-17(15)29-19(21)22;/h4-10,19H,11-12H2,1-3H3,(H,26,27)(H2,23,24,25);1H. The van der Waals surface area contributed by atoms with Crippen molar-refractivity contribution in [1.29, 1.82) is 0 Å². The fourth-order valence-corrected chi connectivity index (χ4v) is 2.60. The van der Waals surface area contributed by atoms with Crippen LogP contribution in [0, 0.1) is 0 Å². The minimum Gasteiger partial charge on any atom is -0.495 e. The number of para-hydroxylation sites is 1. The molecule has 3 N–H and O–H groups in total. The fraction of sp³-hybridized carbons (Fsp3) is 0.300. The number of benzene rings is 2. The van der Waals surface area contributed by atoms with E-state index in [1.54, 1.807) is 37.4 Å². The Balaban J connectivity index is 0.00000450. The molecule has 164 valence electrons. The number of aliphatic imine (C=N–C) groups is 1. The van der Waals surface area contributed by atoms with Crippen LogP contribution in [-0.2, 0) is 17.9 Å². The highest BCUT2D eigenvalue weighted by molar-refractivity contribution is 14.0. The van der Waals surface area contributed by atoms with Crippen molar-refractivity contribution in [2.24, 2.45) is 4.99 Å². The van der Waals surface area contributed by atoms with Crippen LogP contribution in [0.25, 0.3) is 0 Å². The maximum atomic E-state index is 12.5. The third-order valence-corrected chi connectivity index (χ3v) is 3.89. The molecule has 2 rings (SSSR count). The van der Waals surface area contributed by atoms with Crippen molar-refractivity contribution in [2.75, 3.05) is 19.5 Å². The molecule has 0 bridgehead atoms. The summed E-state index contributed by atoms with van der Waals surface area (Å²) in [4.78, 5) is 15.5. The zero-order valence-corrected chi connectivity index (χ0v) is 19.2. The number of anilines is 1. The first-order chi connectivity index (χ1) is 13.9. The molecule has 30 heavy (non-hydrogen) atoms. The van der Waals surface area contributed by atoms with E-state index in [1.807, 2.05) is 6.07 Å². The van der Waals surface area contributed by atoms with Gasteiger partial charge in [-0.1, -0.05) is 24.3 Å². The van der Waals surface area contributed by atoms with Crippen LogP contribution in [0.5, 0.6) is 11.5 Å². The smallest absolute Gasteiger partial charge is 0.387 e. The van der Waals surface area contributed by atoms with E-state index >= 15 is 0 Å². The molecule has 0 aromatic heterocycles. The number of carbonyl (C=O) groups is 1. The van der Waals surface area contributed by atoms with Crippen molar-refractivity contribution >= 4 is 41.5 Å². The molecule has 0 spiro atoms. The lowest BCUT2D eigenvalue weighted by molar-refractivity contribution is -0.114. The highest BCUT2D eigenvalue weighted by Crippen LogP contribution is 2.25. The number of carbonyl (C=O) groups excluding carboxylic acids is 1. The van der Waals surface area contributed by atoms with Gasteiger partial charge in [-0.15, -0.1) is 24.0 Å². The molecule has 2 aromatic rings. The van der Waals surface area contributed by atoms with Crippen molar-refractivity contribution in [3.8, 4) is 11.5 Å². The number of nitrogens with zero attached hydrogens (tertiary/aromatic N) is 1. The monoisotopic (exact) mass is 534 g/mol. The molecule has 0 radical (unpaired) electrons. The second-order valence-corrected chi connectivity index (χ2v) is 5.98. The molecule has 0 saturated heterocycles. The number of methoxy groups -OCH3 is 1. The number of halogens is 3. The first-order valence-electron chi connectivity index (χ1n) is 8.84. The van der Waals surface area contributed by atoms with Crippen LogP contribution in [0.2, 0.25) is 0 Å². The molecule has 0 aliphatic carbocycles. The lowest BCUT2D eigenvalue weighted by Crippen LogP contribution is -2.36. The molecule has 7 nitrogen and oxygen atoms in total.